The molecular formula is C43H26N2S2. The lowest BCUT2D eigenvalue weighted by molar-refractivity contribution is 1.02. The van der Waals surface area contributed by atoms with Crippen molar-refractivity contribution in [2.24, 2.45) is 0 Å². The molecule has 47 heavy (non-hydrogen) atoms. The second-order valence-electron chi connectivity index (χ2n) is 12.2. The van der Waals surface area contributed by atoms with Gasteiger partial charge in [-0.2, -0.15) is 5.26 Å². The molecule has 0 atom stereocenters. The summed E-state index contributed by atoms with van der Waals surface area (Å²) in [5.74, 6) is 0. The number of rotatable bonds is 3. The van der Waals surface area contributed by atoms with E-state index in [1.807, 2.05) is 34.8 Å². The number of para-hydroxylation sites is 1. The van der Waals surface area contributed by atoms with Crippen LogP contribution in [-0.4, -0.2) is 4.57 Å². The lowest BCUT2D eigenvalue weighted by Crippen LogP contribution is -1.94. The summed E-state index contributed by atoms with van der Waals surface area (Å²) in [6.45, 7) is 0. The van der Waals surface area contributed by atoms with Gasteiger partial charge in [0, 0.05) is 46.8 Å². The van der Waals surface area contributed by atoms with Crippen molar-refractivity contribution < 1.29 is 0 Å². The van der Waals surface area contributed by atoms with Gasteiger partial charge in [-0.05, 0) is 59.4 Å². The van der Waals surface area contributed by atoms with Crippen LogP contribution in [0.15, 0.2) is 127 Å². The van der Waals surface area contributed by atoms with E-state index in [9.17, 15) is 5.26 Å². The molecule has 0 fully saturated rings. The topological polar surface area (TPSA) is 28.7 Å². The molecule has 3 aromatic heterocycles. The monoisotopic (exact) mass is 634 g/mol. The zero-order chi connectivity index (χ0) is 31.1. The van der Waals surface area contributed by atoms with Crippen molar-refractivity contribution in [2.45, 2.75) is 12.8 Å². The maximum atomic E-state index is 9.85. The van der Waals surface area contributed by atoms with E-state index in [0.29, 0.717) is 5.56 Å². The van der Waals surface area contributed by atoms with Crippen molar-refractivity contribution in [3.8, 4) is 34.0 Å². The van der Waals surface area contributed by atoms with Gasteiger partial charge in [-0.15, -0.1) is 22.7 Å². The zero-order valence-corrected chi connectivity index (χ0v) is 27.0. The van der Waals surface area contributed by atoms with Crippen molar-refractivity contribution in [1.29, 1.82) is 5.26 Å². The molecule has 1 aliphatic carbocycles. The van der Waals surface area contributed by atoms with Gasteiger partial charge in [0.2, 0.25) is 0 Å². The Bertz CT molecular complexity index is 2800. The highest BCUT2D eigenvalue weighted by Gasteiger charge is 2.22. The maximum Gasteiger partial charge on any atom is 0.0992 e. The van der Waals surface area contributed by atoms with Gasteiger partial charge in [0.05, 0.1) is 33.1 Å². The predicted molar refractivity (Wildman–Crippen MR) is 202 cm³/mol. The molecule has 0 amide bonds. The van der Waals surface area contributed by atoms with E-state index in [2.05, 4.69) is 132 Å². The molecule has 0 unspecified atom stereocenters. The second kappa shape index (κ2) is 10.3. The summed E-state index contributed by atoms with van der Waals surface area (Å²) in [6.07, 6.45) is 6.87. The number of hydrogen-bond acceptors (Lipinski definition) is 3. The number of thiophene rings is 2. The number of nitrogens with zero attached hydrogens (tertiary/aromatic N) is 2. The fourth-order valence-corrected chi connectivity index (χ4v) is 10.3. The number of allylic oxidation sites excluding steroid dienone is 1. The number of hydrogen-bond donors (Lipinski definition) is 0. The van der Waals surface area contributed by atoms with Crippen molar-refractivity contribution >= 4 is 80.8 Å². The molecule has 1 aliphatic rings. The SMILES string of the molecule is N#Cc1ccc2c3ccccc3n(-c3cccc4c3sc3c(-c5ccccc5)ccc(-c5cccc6c7c(sc56)CCC=C7)c34)c2c1. The van der Waals surface area contributed by atoms with Gasteiger partial charge in [0.25, 0.3) is 0 Å². The van der Waals surface area contributed by atoms with E-state index in [0.717, 1.165) is 34.9 Å². The molecule has 9 aromatic rings. The van der Waals surface area contributed by atoms with E-state index in [4.69, 9.17) is 0 Å². The molecule has 0 saturated carbocycles. The predicted octanol–water partition coefficient (Wildman–Crippen LogP) is 12.5. The fourth-order valence-electron chi connectivity index (χ4n) is 7.62. The van der Waals surface area contributed by atoms with Gasteiger partial charge >= 0.3 is 0 Å². The quantitative estimate of drug-likeness (QED) is 0.190. The maximum absolute atomic E-state index is 9.85. The van der Waals surface area contributed by atoms with Crippen molar-refractivity contribution in [3.05, 3.63) is 143 Å². The minimum absolute atomic E-state index is 0.667. The smallest absolute Gasteiger partial charge is 0.0992 e. The van der Waals surface area contributed by atoms with Crippen LogP contribution in [0.4, 0.5) is 0 Å². The highest BCUT2D eigenvalue weighted by atomic mass is 32.1. The van der Waals surface area contributed by atoms with Gasteiger partial charge in [-0.1, -0.05) is 109 Å². The Morgan fingerprint density at radius 1 is 0.596 bits per heavy atom. The molecule has 10 rings (SSSR count). The molecule has 6 aromatic carbocycles. The third-order valence-corrected chi connectivity index (χ3v) is 12.3. The van der Waals surface area contributed by atoms with Gasteiger partial charge in [0.15, 0.2) is 0 Å². The normalized spacial score (nSPS) is 12.8. The largest absolute Gasteiger partial charge is 0.308 e. The van der Waals surface area contributed by atoms with E-state index in [1.165, 1.54) is 68.3 Å². The van der Waals surface area contributed by atoms with Crippen LogP contribution in [0.3, 0.4) is 0 Å². The van der Waals surface area contributed by atoms with Gasteiger partial charge in [0.1, 0.15) is 0 Å². The Labute approximate surface area is 279 Å². The minimum atomic E-state index is 0.667. The first-order valence-corrected chi connectivity index (χ1v) is 17.6. The van der Waals surface area contributed by atoms with Crippen molar-refractivity contribution in [2.75, 3.05) is 0 Å². The summed E-state index contributed by atoms with van der Waals surface area (Å²) in [6, 6.07) is 46.1. The average molecular weight is 635 g/mol. The average Bonchev–Trinajstić information content (AvgIpc) is 3.81. The van der Waals surface area contributed by atoms with E-state index in [1.54, 1.807) is 0 Å². The molecule has 0 aliphatic heterocycles. The standard InChI is InChI=1S/C43H26N2S2/c44-25-26-20-21-30-29-12-4-6-17-36(29)45(38(30)24-26)37-18-9-16-35-40-32(23-22-28(43(40)47-42(35)37)27-10-2-1-3-11-27)34-15-8-14-33-31-13-5-7-19-39(31)46-41(33)34/h1-6,8-18,20-24H,7,19H2. The number of benzene rings is 6. The molecule has 0 bridgehead atoms. The Hall–Kier alpha value is -5.47. The summed E-state index contributed by atoms with van der Waals surface area (Å²) in [5, 5.41) is 16.1. The summed E-state index contributed by atoms with van der Waals surface area (Å²) >= 11 is 3.85. The van der Waals surface area contributed by atoms with Crippen LogP contribution in [-0.2, 0) is 6.42 Å². The summed E-state index contributed by atoms with van der Waals surface area (Å²) in [5.41, 5.74) is 10.5. The molecule has 2 nitrogen and oxygen atoms in total. The molecule has 0 spiro atoms. The van der Waals surface area contributed by atoms with Crippen molar-refractivity contribution in [1.82, 2.24) is 4.57 Å². The molecule has 4 heteroatoms. The first kappa shape index (κ1) is 26.7. The van der Waals surface area contributed by atoms with Crippen LogP contribution < -0.4 is 0 Å². The first-order chi connectivity index (χ1) is 23.3. The number of aryl methyl sites for hydroxylation is 1. The third-order valence-electron chi connectivity index (χ3n) is 9.70. The van der Waals surface area contributed by atoms with Crippen LogP contribution in [0.1, 0.15) is 22.4 Å². The molecule has 0 radical (unpaired) electrons. The summed E-state index contributed by atoms with van der Waals surface area (Å²) in [7, 11) is 0. The second-order valence-corrected chi connectivity index (χ2v) is 14.4. The molecule has 220 valence electrons. The summed E-state index contributed by atoms with van der Waals surface area (Å²) < 4.78 is 6.29. The van der Waals surface area contributed by atoms with Crippen molar-refractivity contribution in [3.63, 3.8) is 0 Å². The van der Waals surface area contributed by atoms with Crippen LogP contribution >= 0.6 is 22.7 Å². The summed E-state index contributed by atoms with van der Waals surface area (Å²) in [4.78, 5) is 1.49. The number of aromatic nitrogens is 1. The zero-order valence-electron chi connectivity index (χ0n) is 25.3. The number of fused-ring (bicyclic) bond motifs is 9. The van der Waals surface area contributed by atoms with Crippen LogP contribution in [0.5, 0.6) is 0 Å². The Kier molecular flexibility index (Phi) is 5.84. The minimum Gasteiger partial charge on any atom is -0.308 e. The number of nitriles is 1. The van der Waals surface area contributed by atoms with Crippen LogP contribution in [0, 0.1) is 11.3 Å². The van der Waals surface area contributed by atoms with Gasteiger partial charge < -0.3 is 4.57 Å². The fraction of sp³-hybridized carbons (Fsp3) is 0.0465. The molecule has 3 heterocycles. The lowest BCUT2D eigenvalue weighted by atomic mass is 9.93. The van der Waals surface area contributed by atoms with Gasteiger partial charge in [-0.25, -0.2) is 0 Å². The van der Waals surface area contributed by atoms with Crippen LogP contribution in [0.25, 0.3) is 86.1 Å². The Morgan fingerprint density at radius 2 is 1.38 bits per heavy atom. The highest BCUT2D eigenvalue weighted by molar-refractivity contribution is 7.27. The third kappa shape index (κ3) is 3.88. The van der Waals surface area contributed by atoms with E-state index in [-0.39, 0.29) is 0 Å². The molecule has 0 N–H and O–H groups in total. The van der Waals surface area contributed by atoms with E-state index < -0.39 is 0 Å². The first-order valence-electron chi connectivity index (χ1n) is 16.0. The van der Waals surface area contributed by atoms with Gasteiger partial charge in [-0.3, -0.25) is 0 Å². The highest BCUT2D eigenvalue weighted by Crippen LogP contribution is 2.50. The molecular weight excluding hydrogens is 609 g/mol. The van der Waals surface area contributed by atoms with E-state index >= 15 is 0 Å². The molecule has 0 saturated heterocycles. The Balaban J connectivity index is 1.34. The lowest BCUT2D eigenvalue weighted by Gasteiger charge is -2.11. The Morgan fingerprint density at radius 3 is 2.30 bits per heavy atom. The van der Waals surface area contributed by atoms with Crippen LogP contribution in [0.2, 0.25) is 0 Å².